The van der Waals surface area contributed by atoms with Crippen molar-refractivity contribution in [1.82, 2.24) is 14.4 Å². The molecule has 0 N–H and O–H groups in total. The number of nitrogens with zero attached hydrogens (tertiary/aromatic N) is 3. The predicted molar refractivity (Wildman–Crippen MR) is 114 cm³/mol. The van der Waals surface area contributed by atoms with Gasteiger partial charge in [0.1, 0.15) is 5.75 Å². The van der Waals surface area contributed by atoms with Crippen LogP contribution in [-0.2, 0) is 27.9 Å². The molecule has 2 amide bonds. The number of rotatable bonds is 11. The minimum Gasteiger partial charge on any atom is -0.484 e. The smallest absolute Gasteiger partial charge is 0.261 e. The third kappa shape index (κ3) is 6.24. The van der Waals surface area contributed by atoms with E-state index in [0.29, 0.717) is 30.5 Å². The third-order valence-electron chi connectivity index (χ3n) is 5.11. The number of carbonyl (C=O) groups excluding carboxylic acids is 2. The van der Waals surface area contributed by atoms with Crippen LogP contribution in [0.1, 0.15) is 18.5 Å². The van der Waals surface area contributed by atoms with Crippen LogP contribution in [-0.4, -0.2) is 65.6 Å². The maximum Gasteiger partial charge on any atom is 0.261 e. The molecule has 3 rings (SSSR count). The summed E-state index contributed by atoms with van der Waals surface area (Å²) in [7, 11) is 3.54. The van der Waals surface area contributed by atoms with E-state index in [1.165, 1.54) is 4.90 Å². The number of aromatic nitrogens is 1. The van der Waals surface area contributed by atoms with Crippen molar-refractivity contribution in [2.75, 3.05) is 33.4 Å². The summed E-state index contributed by atoms with van der Waals surface area (Å²) in [6.45, 7) is 1.07. The molecule has 8 heteroatoms. The maximum absolute atomic E-state index is 13.1. The summed E-state index contributed by atoms with van der Waals surface area (Å²) < 4.78 is 12.7. The van der Waals surface area contributed by atoms with Gasteiger partial charge >= 0.3 is 0 Å². The Kier molecular flexibility index (Phi) is 7.76. The van der Waals surface area contributed by atoms with Gasteiger partial charge in [0.2, 0.25) is 5.91 Å². The molecule has 1 aliphatic rings. The van der Waals surface area contributed by atoms with Gasteiger partial charge in [0.25, 0.3) is 5.91 Å². The third-order valence-corrected chi connectivity index (χ3v) is 5.36. The van der Waals surface area contributed by atoms with Crippen LogP contribution in [0, 0.1) is 0 Å². The Hall–Kier alpha value is -2.51. The summed E-state index contributed by atoms with van der Waals surface area (Å²) in [6.07, 6.45) is 3.97. The fraction of sp³-hybridized carbons (Fsp3) is 0.455. The van der Waals surface area contributed by atoms with Gasteiger partial charge in [-0.15, -0.1) is 0 Å². The van der Waals surface area contributed by atoms with Crippen LogP contribution in [0.5, 0.6) is 5.75 Å². The van der Waals surface area contributed by atoms with E-state index in [0.717, 1.165) is 18.5 Å². The van der Waals surface area contributed by atoms with Gasteiger partial charge < -0.3 is 23.8 Å². The first-order valence-electron chi connectivity index (χ1n) is 10.0. The Labute approximate surface area is 182 Å². The van der Waals surface area contributed by atoms with Crippen LogP contribution in [0.4, 0.5) is 0 Å². The largest absolute Gasteiger partial charge is 0.484 e. The van der Waals surface area contributed by atoms with Crippen molar-refractivity contribution in [1.29, 1.82) is 0 Å². The molecule has 1 saturated carbocycles. The minimum absolute atomic E-state index is 0.00704. The van der Waals surface area contributed by atoms with Crippen molar-refractivity contribution >= 4 is 23.4 Å². The lowest BCUT2D eigenvalue weighted by Crippen LogP contribution is -2.46. The maximum atomic E-state index is 13.1. The van der Waals surface area contributed by atoms with Crippen molar-refractivity contribution in [3.63, 3.8) is 0 Å². The Morgan fingerprint density at radius 2 is 1.90 bits per heavy atom. The molecule has 1 aromatic carbocycles. The molecule has 1 fully saturated rings. The molecule has 0 saturated heterocycles. The first-order valence-corrected chi connectivity index (χ1v) is 10.4. The van der Waals surface area contributed by atoms with Crippen LogP contribution >= 0.6 is 11.6 Å². The zero-order valence-electron chi connectivity index (χ0n) is 17.4. The molecule has 1 aliphatic carbocycles. The number of benzene rings is 1. The van der Waals surface area contributed by atoms with E-state index in [1.54, 1.807) is 31.4 Å². The van der Waals surface area contributed by atoms with E-state index in [9.17, 15) is 9.59 Å². The predicted octanol–water partition coefficient (Wildman–Crippen LogP) is 2.72. The molecular weight excluding hydrogens is 406 g/mol. The van der Waals surface area contributed by atoms with E-state index in [2.05, 4.69) is 0 Å². The number of ether oxygens (including phenoxy) is 2. The van der Waals surface area contributed by atoms with Gasteiger partial charge in [-0.05, 0) is 49.2 Å². The normalized spacial score (nSPS) is 13.2. The number of carbonyl (C=O) groups is 2. The van der Waals surface area contributed by atoms with Crippen molar-refractivity contribution in [2.45, 2.75) is 25.4 Å². The van der Waals surface area contributed by atoms with Crippen LogP contribution in [0.25, 0.3) is 0 Å². The molecule has 0 spiro atoms. The Morgan fingerprint density at radius 3 is 2.50 bits per heavy atom. The van der Waals surface area contributed by atoms with Crippen molar-refractivity contribution in [3.05, 3.63) is 53.3 Å². The first-order chi connectivity index (χ1) is 14.5. The molecule has 1 heterocycles. The van der Waals surface area contributed by atoms with Gasteiger partial charge in [0.15, 0.2) is 6.61 Å². The lowest BCUT2D eigenvalue weighted by molar-refractivity contribution is -0.142. The first kappa shape index (κ1) is 22.2. The molecule has 162 valence electrons. The molecule has 0 bridgehead atoms. The van der Waals surface area contributed by atoms with Gasteiger partial charge in [-0.3, -0.25) is 9.59 Å². The number of amides is 2. The standard InChI is InChI=1S/C22H28ClN3O4/c1-24-11-3-4-19(24)14-26(18-7-8-18)21(27)15-25(12-13-29-2)22(28)16-30-20-9-5-17(23)6-10-20/h3-6,9-11,18H,7-8,12-16H2,1-2H3. The fourth-order valence-corrected chi connectivity index (χ4v) is 3.28. The topological polar surface area (TPSA) is 64.0 Å². The van der Waals surface area contributed by atoms with E-state index in [-0.39, 0.29) is 31.0 Å². The molecule has 0 atom stereocenters. The number of hydrogen-bond donors (Lipinski definition) is 0. The summed E-state index contributed by atoms with van der Waals surface area (Å²) in [5.74, 6) is 0.230. The van der Waals surface area contributed by atoms with Crippen molar-refractivity contribution < 1.29 is 19.1 Å². The lowest BCUT2D eigenvalue weighted by Gasteiger charge is -2.28. The lowest BCUT2D eigenvalue weighted by atomic mass is 10.3. The summed E-state index contributed by atoms with van der Waals surface area (Å²) in [6, 6.07) is 11.0. The van der Waals surface area contributed by atoms with Gasteiger partial charge in [0.05, 0.1) is 19.7 Å². The number of aryl methyl sites for hydroxylation is 1. The second-order valence-corrected chi connectivity index (χ2v) is 7.85. The highest BCUT2D eigenvalue weighted by atomic mass is 35.5. The molecule has 0 aliphatic heterocycles. The zero-order chi connectivity index (χ0) is 21.5. The number of hydrogen-bond acceptors (Lipinski definition) is 4. The van der Waals surface area contributed by atoms with Gasteiger partial charge in [-0.1, -0.05) is 11.6 Å². The highest BCUT2D eigenvalue weighted by Gasteiger charge is 2.34. The average Bonchev–Trinajstić information content (AvgIpc) is 3.50. The second-order valence-electron chi connectivity index (χ2n) is 7.41. The summed E-state index contributed by atoms with van der Waals surface area (Å²) in [4.78, 5) is 29.2. The van der Waals surface area contributed by atoms with Crippen LogP contribution in [0.3, 0.4) is 0 Å². The van der Waals surface area contributed by atoms with E-state index < -0.39 is 0 Å². The van der Waals surface area contributed by atoms with E-state index in [4.69, 9.17) is 21.1 Å². The Balaban J connectivity index is 1.61. The molecule has 1 aromatic heterocycles. The van der Waals surface area contributed by atoms with Gasteiger partial charge in [-0.2, -0.15) is 0 Å². The molecule has 30 heavy (non-hydrogen) atoms. The summed E-state index contributed by atoms with van der Waals surface area (Å²) >= 11 is 5.87. The summed E-state index contributed by atoms with van der Waals surface area (Å²) in [5.41, 5.74) is 1.07. The highest BCUT2D eigenvalue weighted by Crippen LogP contribution is 2.28. The molecule has 2 aromatic rings. The van der Waals surface area contributed by atoms with Gasteiger partial charge in [-0.25, -0.2) is 0 Å². The Morgan fingerprint density at radius 1 is 1.17 bits per heavy atom. The highest BCUT2D eigenvalue weighted by molar-refractivity contribution is 6.30. The molecule has 0 unspecified atom stereocenters. The number of methoxy groups -OCH3 is 1. The van der Waals surface area contributed by atoms with Crippen LogP contribution in [0.15, 0.2) is 42.6 Å². The summed E-state index contributed by atoms with van der Waals surface area (Å²) in [5, 5.41) is 0.597. The second kappa shape index (κ2) is 10.5. The Bertz CT molecular complexity index is 848. The van der Waals surface area contributed by atoms with Crippen LogP contribution in [0.2, 0.25) is 5.02 Å². The fourth-order valence-electron chi connectivity index (χ4n) is 3.16. The SMILES string of the molecule is COCCN(CC(=O)N(Cc1cccn1C)C1CC1)C(=O)COc1ccc(Cl)cc1. The average molecular weight is 434 g/mol. The van der Waals surface area contributed by atoms with Crippen LogP contribution < -0.4 is 4.74 Å². The molecular formula is C22H28ClN3O4. The molecule has 0 radical (unpaired) electrons. The zero-order valence-corrected chi connectivity index (χ0v) is 18.2. The molecule has 7 nitrogen and oxygen atoms in total. The minimum atomic E-state index is -0.259. The number of halogens is 1. The quantitative estimate of drug-likeness (QED) is 0.546. The van der Waals surface area contributed by atoms with E-state index in [1.807, 2.05) is 34.8 Å². The van der Waals surface area contributed by atoms with E-state index >= 15 is 0 Å². The monoisotopic (exact) mass is 433 g/mol. The van der Waals surface area contributed by atoms with Crippen molar-refractivity contribution in [3.8, 4) is 5.75 Å². The van der Waals surface area contributed by atoms with Crippen molar-refractivity contribution in [2.24, 2.45) is 7.05 Å². The van der Waals surface area contributed by atoms with Gasteiger partial charge in [0, 0.05) is 43.7 Å².